The molecule has 0 saturated carbocycles. The molecule has 0 radical (unpaired) electrons. The van der Waals surface area contributed by atoms with Crippen molar-refractivity contribution in [2.75, 3.05) is 7.11 Å². The van der Waals surface area contributed by atoms with E-state index in [9.17, 15) is 14.7 Å². The van der Waals surface area contributed by atoms with Gasteiger partial charge in [0.05, 0.1) is 13.5 Å². The Labute approximate surface area is 103 Å². The van der Waals surface area contributed by atoms with Gasteiger partial charge in [-0.05, 0) is 17.7 Å². The van der Waals surface area contributed by atoms with Gasteiger partial charge in [-0.15, -0.1) is 0 Å². The lowest BCUT2D eigenvalue weighted by Gasteiger charge is -2.23. The molecule has 0 aliphatic heterocycles. The molecule has 0 fully saturated rings. The number of carboxylic acid groups (broad SMARTS) is 1. The summed E-state index contributed by atoms with van der Waals surface area (Å²) in [6.07, 6.45) is -0.952. The lowest BCUT2D eigenvalue weighted by molar-refractivity contribution is -0.168. The molecule has 98 valence electrons. The molecule has 0 amide bonds. The fourth-order valence-corrected chi connectivity index (χ4v) is 1.60. The highest BCUT2D eigenvalue weighted by Gasteiger charge is 2.39. The van der Waals surface area contributed by atoms with Crippen LogP contribution in [0.25, 0.3) is 0 Å². The predicted octanol–water partition coefficient (Wildman–Crippen LogP) is 0.313. The van der Waals surface area contributed by atoms with Crippen LogP contribution in [0.15, 0.2) is 24.3 Å². The van der Waals surface area contributed by atoms with Crippen LogP contribution < -0.4 is 0 Å². The van der Waals surface area contributed by atoms with Gasteiger partial charge in [0, 0.05) is 6.42 Å². The summed E-state index contributed by atoms with van der Waals surface area (Å²) < 4.78 is 4.41. The summed E-state index contributed by atoms with van der Waals surface area (Å²) in [4.78, 5) is 22.1. The zero-order chi connectivity index (χ0) is 13.8. The standard InChI is InChI=1S/C12H14O6/c1-18-11(16)12(17,7-10(14)15)6-8-2-4-9(13)5-3-8/h2-5,13,17H,6-7H2,1H3,(H,14,15)/t12-/m1/s1. The highest BCUT2D eigenvalue weighted by atomic mass is 16.5. The number of benzene rings is 1. The van der Waals surface area contributed by atoms with Crippen LogP contribution in [-0.4, -0.2) is 40.0 Å². The summed E-state index contributed by atoms with van der Waals surface area (Å²) in [6, 6.07) is 5.75. The van der Waals surface area contributed by atoms with E-state index >= 15 is 0 Å². The Morgan fingerprint density at radius 3 is 2.28 bits per heavy atom. The van der Waals surface area contributed by atoms with Gasteiger partial charge in [0.25, 0.3) is 0 Å². The smallest absolute Gasteiger partial charge is 0.338 e. The Hall–Kier alpha value is -2.08. The molecule has 0 heterocycles. The van der Waals surface area contributed by atoms with E-state index < -0.39 is 24.0 Å². The number of phenolic OH excluding ortho intramolecular Hbond substituents is 1. The van der Waals surface area contributed by atoms with Crippen molar-refractivity contribution in [3.8, 4) is 5.75 Å². The van der Waals surface area contributed by atoms with Crippen LogP contribution in [0.4, 0.5) is 0 Å². The minimum Gasteiger partial charge on any atom is -0.508 e. The first-order chi connectivity index (χ1) is 8.37. The number of carbonyl (C=O) groups excluding carboxylic acids is 1. The number of hydrogen-bond donors (Lipinski definition) is 3. The number of hydrogen-bond acceptors (Lipinski definition) is 5. The lowest BCUT2D eigenvalue weighted by Crippen LogP contribution is -2.43. The van der Waals surface area contributed by atoms with Crippen molar-refractivity contribution in [3.63, 3.8) is 0 Å². The Balaban J connectivity index is 2.94. The average molecular weight is 254 g/mol. The molecule has 0 saturated heterocycles. The zero-order valence-electron chi connectivity index (χ0n) is 9.79. The number of aliphatic carboxylic acids is 1. The van der Waals surface area contributed by atoms with E-state index in [1.807, 2.05) is 0 Å². The molecule has 0 aliphatic rings. The number of phenols is 1. The quantitative estimate of drug-likeness (QED) is 0.653. The van der Waals surface area contributed by atoms with Crippen LogP contribution >= 0.6 is 0 Å². The molecule has 0 aromatic heterocycles. The molecule has 18 heavy (non-hydrogen) atoms. The fraction of sp³-hybridized carbons (Fsp3) is 0.333. The first-order valence-corrected chi connectivity index (χ1v) is 5.18. The summed E-state index contributed by atoms with van der Waals surface area (Å²) >= 11 is 0. The molecular formula is C12H14O6. The van der Waals surface area contributed by atoms with E-state index in [2.05, 4.69) is 4.74 Å². The van der Waals surface area contributed by atoms with Crippen molar-refractivity contribution < 1.29 is 29.6 Å². The lowest BCUT2D eigenvalue weighted by atomic mass is 9.91. The van der Waals surface area contributed by atoms with Gasteiger partial charge in [-0.3, -0.25) is 4.79 Å². The number of carboxylic acids is 1. The monoisotopic (exact) mass is 254 g/mol. The van der Waals surface area contributed by atoms with Gasteiger partial charge in [0.15, 0.2) is 5.60 Å². The van der Waals surface area contributed by atoms with Crippen molar-refractivity contribution in [1.29, 1.82) is 0 Å². The van der Waals surface area contributed by atoms with Crippen molar-refractivity contribution in [1.82, 2.24) is 0 Å². The number of esters is 1. The second-order valence-electron chi connectivity index (χ2n) is 3.94. The van der Waals surface area contributed by atoms with Crippen LogP contribution in [0.2, 0.25) is 0 Å². The summed E-state index contributed by atoms with van der Waals surface area (Å²) in [6.45, 7) is 0. The second kappa shape index (κ2) is 5.50. The van der Waals surface area contributed by atoms with Gasteiger partial charge >= 0.3 is 11.9 Å². The zero-order valence-corrected chi connectivity index (χ0v) is 9.79. The second-order valence-corrected chi connectivity index (χ2v) is 3.94. The minimum absolute atomic E-state index is 0.0404. The van der Waals surface area contributed by atoms with E-state index in [1.54, 1.807) is 0 Å². The first kappa shape index (κ1) is 14.0. The highest BCUT2D eigenvalue weighted by Crippen LogP contribution is 2.21. The number of rotatable bonds is 5. The van der Waals surface area contributed by atoms with E-state index in [-0.39, 0.29) is 12.2 Å². The minimum atomic E-state index is -2.11. The SMILES string of the molecule is COC(=O)[C@](O)(CC(=O)O)Cc1ccc(O)cc1. The van der Waals surface area contributed by atoms with Gasteiger partial charge in [0.2, 0.25) is 0 Å². The number of aromatic hydroxyl groups is 1. The fourth-order valence-electron chi connectivity index (χ4n) is 1.60. The molecule has 0 aliphatic carbocycles. The van der Waals surface area contributed by atoms with Crippen LogP contribution in [0, 0.1) is 0 Å². The highest BCUT2D eigenvalue weighted by molar-refractivity contribution is 5.85. The van der Waals surface area contributed by atoms with Crippen molar-refractivity contribution in [2.45, 2.75) is 18.4 Å². The van der Waals surface area contributed by atoms with Crippen molar-refractivity contribution in [2.24, 2.45) is 0 Å². The molecule has 3 N–H and O–H groups in total. The average Bonchev–Trinajstić information content (AvgIpc) is 2.30. The molecule has 0 spiro atoms. The first-order valence-electron chi connectivity index (χ1n) is 5.18. The number of methoxy groups -OCH3 is 1. The molecular weight excluding hydrogens is 240 g/mol. The van der Waals surface area contributed by atoms with Gasteiger partial charge in [0.1, 0.15) is 5.75 Å². The van der Waals surface area contributed by atoms with Crippen molar-refractivity contribution >= 4 is 11.9 Å². The summed E-state index contributed by atoms with van der Waals surface area (Å²) in [5, 5.41) is 27.9. The van der Waals surface area contributed by atoms with Crippen LogP contribution in [0.3, 0.4) is 0 Å². The normalized spacial score (nSPS) is 13.7. The third-order valence-electron chi connectivity index (χ3n) is 2.44. The number of ether oxygens (including phenoxy) is 1. The van der Waals surface area contributed by atoms with Crippen LogP contribution in [0.5, 0.6) is 5.75 Å². The maximum Gasteiger partial charge on any atom is 0.338 e. The van der Waals surface area contributed by atoms with Gasteiger partial charge in [-0.2, -0.15) is 0 Å². The summed E-state index contributed by atoms with van der Waals surface area (Å²) in [7, 11) is 1.08. The maximum atomic E-state index is 11.5. The Kier molecular flexibility index (Phi) is 4.28. The van der Waals surface area contributed by atoms with E-state index in [1.165, 1.54) is 24.3 Å². The summed E-state index contributed by atoms with van der Waals surface area (Å²) in [5.74, 6) is -2.27. The van der Waals surface area contributed by atoms with Gasteiger partial charge < -0.3 is 20.1 Å². The molecule has 0 unspecified atom stereocenters. The molecule has 1 rings (SSSR count). The third-order valence-corrected chi connectivity index (χ3v) is 2.44. The Bertz CT molecular complexity index is 438. The predicted molar refractivity (Wildman–Crippen MR) is 61.0 cm³/mol. The molecule has 1 aromatic rings. The molecule has 1 atom stereocenters. The van der Waals surface area contributed by atoms with Crippen LogP contribution in [-0.2, 0) is 20.7 Å². The number of carbonyl (C=O) groups is 2. The summed E-state index contributed by atoms with van der Waals surface area (Å²) in [5.41, 5.74) is -1.60. The van der Waals surface area contributed by atoms with Crippen molar-refractivity contribution in [3.05, 3.63) is 29.8 Å². The molecule has 6 nitrogen and oxygen atoms in total. The Morgan fingerprint density at radius 1 is 1.28 bits per heavy atom. The molecule has 1 aromatic carbocycles. The van der Waals surface area contributed by atoms with E-state index in [0.29, 0.717) is 5.56 Å². The van der Waals surface area contributed by atoms with Gasteiger partial charge in [-0.25, -0.2) is 4.79 Å². The topological polar surface area (TPSA) is 104 Å². The van der Waals surface area contributed by atoms with Gasteiger partial charge in [-0.1, -0.05) is 12.1 Å². The van der Waals surface area contributed by atoms with E-state index in [4.69, 9.17) is 10.2 Å². The van der Waals surface area contributed by atoms with E-state index in [0.717, 1.165) is 7.11 Å². The molecule has 0 bridgehead atoms. The largest absolute Gasteiger partial charge is 0.508 e. The maximum absolute atomic E-state index is 11.5. The third kappa shape index (κ3) is 3.46. The molecule has 6 heteroatoms. The number of aliphatic hydroxyl groups is 1. The van der Waals surface area contributed by atoms with Crippen LogP contribution in [0.1, 0.15) is 12.0 Å². The Morgan fingerprint density at radius 2 is 1.83 bits per heavy atom.